The Bertz CT molecular complexity index is 135. The van der Waals surface area contributed by atoms with E-state index in [9.17, 15) is 0 Å². The van der Waals surface area contributed by atoms with E-state index in [1.54, 1.807) is 0 Å². The van der Waals surface area contributed by atoms with E-state index in [0.29, 0.717) is 0 Å². The van der Waals surface area contributed by atoms with Crippen LogP contribution < -0.4 is 0 Å². The Labute approximate surface area is 225 Å². The summed E-state index contributed by atoms with van der Waals surface area (Å²) < 4.78 is 17.8. The van der Waals surface area contributed by atoms with Crippen molar-refractivity contribution in [1.82, 2.24) is 0 Å². The van der Waals surface area contributed by atoms with Crippen molar-refractivity contribution in [3.05, 3.63) is 0 Å². The molecule has 0 heterocycles. The van der Waals surface area contributed by atoms with E-state index in [1.165, 1.54) is 0 Å². The Morgan fingerprint density at radius 2 is 0.571 bits per heavy atom. The van der Waals surface area contributed by atoms with Crippen molar-refractivity contribution in [2.45, 2.75) is 0 Å². The summed E-state index contributed by atoms with van der Waals surface area (Å²) in [6.45, 7) is 0. The van der Waals surface area contributed by atoms with Crippen LogP contribution in [0.15, 0.2) is 0 Å². The molecule has 0 aromatic heterocycles. The van der Waals surface area contributed by atoms with E-state index in [0.717, 1.165) is 0 Å². The van der Waals surface area contributed by atoms with Crippen molar-refractivity contribution in [2.24, 2.45) is 0 Å². The van der Waals surface area contributed by atoms with Crippen LogP contribution in [0.4, 0.5) is 0 Å². The molecular formula is H12CeO8P2Sr3. The van der Waals surface area contributed by atoms with Gasteiger partial charge in [-0.05, 0) is 0 Å². The molecule has 0 saturated carbocycles. The predicted molar refractivity (Wildman–Crippen MR) is 54.2 cm³/mol. The Balaban J connectivity index is -0.0000000178. The van der Waals surface area contributed by atoms with Gasteiger partial charge in [-0.1, -0.05) is 0 Å². The summed E-state index contributed by atoms with van der Waals surface area (Å²) >= 11 is 0. The third-order valence-electron chi connectivity index (χ3n) is 0. The Morgan fingerprint density at radius 1 is 0.571 bits per heavy atom. The van der Waals surface area contributed by atoms with Crippen LogP contribution in [-0.2, 0) is 9.13 Å². The van der Waals surface area contributed by atoms with Gasteiger partial charge >= 0.3 is 152 Å². The fourth-order valence-electron chi connectivity index (χ4n) is 0. The summed E-state index contributed by atoms with van der Waals surface area (Å²) in [5.41, 5.74) is 0. The van der Waals surface area contributed by atoms with Gasteiger partial charge in [0.2, 0.25) is 0 Å². The maximum absolute atomic E-state index is 8.88. The molecule has 0 aliphatic heterocycles. The summed E-state index contributed by atoms with van der Waals surface area (Å²) in [5, 5.41) is 0. The fraction of sp³-hybridized carbons (Fsp3) is 0. The van der Waals surface area contributed by atoms with Gasteiger partial charge in [0, 0.05) is 41.7 Å². The van der Waals surface area contributed by atoms with Crippen LogP contribution in [0.2, 0.25) is 0 Å². The molecule has 0 amide bonds. The van der Waals surface area contributed by atoms with Crippen LogP contribution in [-0.4, -0.2) is 166 Å². The molecule has 14 heteroatoms. The van der Waals surface area contributed by atoms with Gasteiger partial charge in [-0.2, -0.15) is 0 Å². The standard InChI is InChI=1S/Ce.2H3O4P.3Sr.6H/c;2*1-5(2,3)4;;;;;;;;;/h;2*(H3,1,2,3,4);;;;;;;;;. The Kier molecular flexibility index (Phi) is 50.1. The molecule has 80 valence electrons. The molecule has 0 fully saturated rings. The molecule has 0 rings (SSSR count). The minimum atomic E-state index is -4.64. The summed E-state index contributed by atoms with van der Waals surface area (Å²) in [6, 6.07) is 0. The van der Waals surface area contributed by atoms with Crippen LogP contribution in [0.3, 0.4) is 0 Å². The third kappa shape index (κ3) is 144. The van der Waals surface area contributed by atoms with Crippen molar-refractivity contribution in [2.75, 3.05) is 0 Å². The van der Waals surface area contributed by atoms with Crippen molar-refractivity contribution in [1.29, 1.82) is 0 Å². The van der Waals surface area contributed by atoms with E-state index in [2.05, 4.69) is 0 Å². The normalized spacial score (nSPS) is 8.43. The Morgan fingerprint density at radius 3 is 0.571 bits per heavy atom. The van der Waals surface area contributed by atoms with E-state index in [-0.39, 0.29) is 178 Å². The van der Waals surface area contributed by atoms with Gasteiger partial charge in [-0.3, -0.25) is 0 Å². The number of hydrogen-bond acceptors (Lipinski definition) is 2. The zero-order chi connectivity index (χ0) is 9.00. The molecule has 0 atom stereocenters. The van der Waals surface area contributed by atoms with Crippen molar-refractivity contribution >= 4 is 152 Å². The average Bonchev–Trinajstić information content (AvgIpc) is 1.12. The first-order chi connectivity index (χ1) is 4.00. The second-order valence-corrected chi connectivity index (χ2v) is 3.08. The van der Waals surface area contributed by atoms with Gasteiger partial charge in [-0.15, -0.1) is 0 Å². The molecule has 0 aromatic rings. The first-order valence-electron chi connectivity index (χ1n) is 1.57. The monoisotopic (exact) mass is 606 g/mol. The molecular weight excluding hydrogens is 593 g/mol. The van der Waals surface area contributed by atoms with Gasteiger partial charge in [0.15, 0.2) is 0 Å². The van der Waals surface area contributed by atoms with Crippen molar-refractivity contribution < 1.29 is 80.2 Å². The summed E-state index contributed by atoms with van der Waals surface area (Å²) in [5.74, 6) is 0. The molecule has 0 bridgehead atoms. The zero-order valence-electron chi connectivity index (χ0n) is 4.89. The SMILES string of the molecule is O=P(O)(O)O.O=P(O)(O)O.[Ce].[SrH2].[SrH2].[SrH2]. The van der Waals surface area contributed by atoms with Gasteiger partial charge < -0.3 is 29.4 Å². The van der Waals surface area contributed by atoms with Crippen molar-refractivity contribution in [3.63, 3.8) is 0 Å². The molecule has 0 aromatic carbocycles. The molecule has 0 saturated heterocycles. The second-order valence-electron chi connectivity index (χ2n) is 1.03. The minimum absolute atomic E-state index is 0. The van der Waals surface area contributed by atoms with Crippen LogP contribution in [0, 0.1) is 41.7 Å². The molecule has 0 aliphatic carbocycles. The van der Waals surface area contributed by atoms with Gasteiger partial charge in [0.05, 0.1) is 0 Å². The Hall–Kier alpha value is 6.04. The molecule has 8 nitrogen and oxygen atoms in total. The van der Waals surface area contributed by atoms with Crippen LogP contribution >= 0.6 is 15.6 Å². The molecule has 0 unspecified atom stereocenters. The summed E-state index contributed by atoms with van der Waals surface area (Å²) in [7, 11) is -9.28. The van der Waals surface area contributed by atoms with Gasteiger partial charge in [0.1, 0.15) is 0 Å². The molecule has 0 spiro atoms. The molecule has 6 N–H and O–H groups in total. The van der Waals surface area contributed by atoms with E-state index in [4.69, 9.17) is 38.5 Å². The maximum atomic E-state index is 8.88. The van der Waals surface area contributed by atoms with Gasteiger partial charge in [0.25, 0.3) is 0 Å². The summed E-state index contributed by atoms with van der Waals surface area (Å²) in [4.78, 5) is 43.1. The molecule has 0 radical (unpaired) electrons. The van der Waals surface area contributed by atoms with Crippen LogP contribution in [0.25, 0.3) is 0 Å². The number of rotatable bonds is 0. The second kappa shape index (κ2) is 19.0. The number of hydrogen-bond donors (Lipinski definition) is 6. The summed E-state index contributed by atoms with van der Waals surface area (Å²) in [6.07, 6.45) is 0. The predicted octanol–water partition coefficient (Wildman–Crippen LogP) is -4.61. The third-order valence-corrected chi connectivity index (χ3v) is 0. The van der Waals surface area contributed by atoms with Crippen LogP contribution in [0.1, 0.15) is 0 Å². The quantitative estimate of drug-likeness (QED) is 0.119. The number of phosphoric acid groups is 2. The average molecular weight is 605 g/mol. The van der Waals surface area contributed by atoms with E-state index < -0.39 is 15.6 Å². The van der Waals surface area contributed by atoms with Crippen molar-refractivity contribution in [3.8, 4) is 0 Å². The van der Waals surface area contributed by atoms with Gasteiger partial charge in [-0.25, -0.2) is 9.13 Å². The first kappa shape index (κ1) is 36.9. The first-order valence-corrected chi connectivity index (χ1v) is 4.70. The van der Waals surface area contributed by atoms with Crippen LogP contribution in [0.5, 0.6) is 0 Å². The van der Waals surface area contributed by atoms with E-state index >= 15 is 0 Å². The zero-order valence-corrected chi connectivity index (χ0v) is 9.82. The fourth-order valence-corrected chi connectivity index (χ4v) is 0. The molecule has 14 heavy (non-hydrogen) atoms. The topological polar surface area (TPSA) is 156 Å². The van der Waals surface area contributed by atoms with E-state index in [1.807, 2.05) is 0 Å². The molecule has 0 aliphatic rings.